The highest BCUT2D eigenvalue weighted by Crippen LogP contribution is 2.37. The smallest absolute Gasteiger partial charge is 0.311 e. The Morgan fingerprint density at radius 1 is 1.13 bits per heavy atom. The van der Waals surface area contributed by atoms with Crippen molar-refractivity contribution in [3.8, 4) is 0 Å². The number of fused-ring (bicyclic) bond motifs is 1. The Balaban J connectivity index is 1.34. The van der Waals surface area contributed by atoms with Crippen LogP contribution in [0.1, 0.15) is 76.7 Å². The molecule has 0 aliphatic carbocycles. The zero-order chi connectivity index (χ0) is 27.1. The summed E-state index contributed by atoms with van der Waals surface area (Å²) in [7, 11) is 0. The Labute approximate surface area is 228 Å². The van der Waals surface area contributed by atoms with Crippen LogP contribution in [0.15, 0.2) is 16.9 Å². The molecule has 0 amide bonds. The van der Waals surface area contributed by atoms with Crippen LogP contribution in [0.25, 0.3) is 11.2 Å². The molecule has 4 N–H and O–H groups in total. The summed E-state index contributed by atoms with van der Waals surface area (Å²) in [6.45, 7) is 10.4. The molecule has 0 radical (unpaired) electrons. The van der Waals surface area contributed by atoms with Gasteiger partial charge in [-0.3, -0.25) is 9.88 Å². The summed E-state index contributed by atoms with van der Waals surface area (Å²) in [4.78, 5) is 18.2. The number of imidazole rings is 1. The first-order chi connectivity index (χ1) is 19.0. The van der Waals surface area contributed by atoms with E-state index in [0.717, 1.165) is 49.4 Å². The topological polar surface area (TPSA) is 140 Å². The lowest BCUT2D eigenvalue weighted by Gasteiger charge is -2.23. The van der Waals surface area contributed by atoms with Gasteiger partial charge in [0.1, 0.15) is 12.2 Å². The SMILES string of the molecule is CCc1cc([C@H]2O[C@@H]([n+]3c[nH]c4c(NC(CC)CC)nc(N5CC[C@@H](N6CCCC6)C5)nc43)[C@H](O)[C@@H]2O)on1. The fourth-order valence-corrected chi connectivity index (χ4v) is 6.16. The maximum atomic E-state index is 11.1. The van der Waals surface area contributed by atoms with E-state index in [1.54, 1.807) is 17.0 Å². The zero-order valence-electron chi connectivity index (χ0n) is 23.1. The fraction of sp³-hybridized carbons (Fsp3) is 0.704. The normalized spacial score (nSPS) is 27.9. The number of hydrogen-bond acceptors (Lipinski definition) is 10. The minimum Gasteiger partial charge on any atom is -0.387 e. The van der Waals surface area contributed by atoms with Gasteiger partial charge in [-0.05, 0) is 51.6 Å². The predicted octanol–water partition coefficient (Wildman–Crippen LogP) is 2.06. The van der Waals surface area contributed by atoms with Crippen molar-refractivity contribution in [3.63, 3.8) is 0 Å². The van der Waals surface area contributed by atoms with Crippen molar-refractivity contribution in [1.82, 2.24) is 25.0 Å². The second-order valence-corrected chi connectivity index (χ2v) is 11.0. The third-order valence-corrected chi connectivity index (χ3v) is 8.63. The van der Waals surface area contributed by atoms with Gasteiger partial charge in [-0.25, -0.2) is 4.57 Å². The molecule has 212 valence electrons. The number of ether oxygens (including phenoxy) is 1. The molecule has 0 saturated carbocycles. The second-order valence-electron chi connectivity index (χ2n) is 11.0. The van der Waals surface area contributed by atoms with Crippen LogP contribution in [0.5, 0.6) is 0 Å². The summed E-state index contributed by atoms with van der Waals surface area (Å²) in [5.41, 5.74) is 2.12. The van der Waals surface area contributed by atoms with Crippen molar-refractivity contribution in [1.29, 1.82) is 0 Å². The van der Waals surface area contributed by atoms with Crippen molar-refractivity contribution in [2.45, 2.75) is 95.9 Å². The third kappa shape index (κ3) is 4.88. The number of anilines is 2. The summed E-state index contributed by atoms with van der Waals surface area (Å²) in [6.07, 6.45) is 3.96. The Morgan fingerprint density at radius 2 is 1.92 bits per heavy atom. The minimum absolute atomic E-state index is 0.266. The van der Waals surface area contributed by atoms with Crippen molar-refractivity contribution in [2.75, 3.05) is 36.4 Å². The first kappa shape index (κ1) is 26.4. The summed E-state index contributed by atoms with van der Waals surface area (Å²) in [5, 5.41) is 29.6. The molecule has 3 aromatic heterocycles. The Hall–Kier alpha value is -2.80. The lowest BCUT2D eigenvalue weighted by molar-refractivity contribution is -0.745. The Bertz CT molecular complexity index is 1270. The van der Waals surface area contributed by atoms with Gasteiger partial charge in [-0.1, -0.05) is 30.9 Å². The maximum absolute atomic E-state index is 11.1. The summed E-state index contributed by atoms with van der Waals surface area (Å²) >= 11 is 0. The number of aromatic amines is 1. The molecular weight excluding hydrogens is 500 g/mol. The van der Waals surface area contributed by atoms with Crippen LogP contribution in [0, 0.1) is 0 Å². The average molecular weight is 542 g/mol. The number of H-pyrrole nitrogens is 1. The molecule has 3 fully saturated rings. The first-order valence-electron chi connectivity index (χ1n) is 14.5. The van der Waals surface area contributed by atoms with Crippen LogP contribution in [-0.2, 0) is 11.2 Å². The van der Waals surface area contributed by atoms with E-state index in [2.05, 4.69) is 39.1 Å². The molecule has 12 heteroatoms. The quantitative estimate of drug-likeness (QED) is 0.298. The number of nitrogens with one attached hydrogen (secondary N) is 2. The largest absolute Gasteiger partial charge is 0.387 e. The van der Waals surface area contributed by atoms with E-state index in [1.807, 2.05) is 6.92 Å². The van der Waals surface area contributed by atoms with E-state index in [1.165, 1.54) is 25.9 Å². The van der Waals surface area contributed by atoms with E-state index in [-0.39, 0.29) is 6.04 Å². The summed E-state index contributed by atoms with van der Waals surface area (Å²) in [6, 6.07) is 2.55. The molecule has 5 atom stereocenters. The van der Waals surface area contributed by atoms with Crippen molar-refractivity contribution in [3.05, 3.63) is 23.8 Å². The van der Waals surface area contributed by atoms with Crippen LogP contribution in [0.4, 0.5) is 11.8 Å². The predicted molar refractivity (Wildman–Crippen MR) is 144 cm³/mol. The summed E-state index contributed by atoms with van der Waals surface area (Å²) < 4.78 is 13.4. The number of hydrogen-bond donors (Lipinski definition) is 4. The Kier molecular flexibility index (Phi) is 7.45. The number of aliphatic hydroxyl groups excluding tert-OH is 2. The van der Waals surface area contributed by atoms with Gasteiger partial charge >= 0.3 is 11.6 Å². The monoisotopic (exact) mass is 541 g/mol. The van der Waals surface area contributed by atoms with Crippen LogP contribution in [0.2, 0.25) is 0 Å². The molecule has 3 aliphatic heterocycles. The second kappa shape index (κ2) is 11.0. The van der Waals surface area contributed by atoms with Crippen LogP contribution in [0.3, 0.4) is 0 Å². The van der Waals surface area contributed by atoms with Crippen molar-refractivity contribution in [2.24, 2.45) is 0 Å². The highest BCUT2D eigenvalue weighted by atomic mass is 16.6. The molecule has 0 unspecified atom stereocenters. The molecule has 3 aliphatic rings. The Morgan fingerprint density at radius 3 is 2.64 bits per heavy atom. The van der Waals surface area contributed by atoms with Gasteiger partial charge in [0.15, 0.2) is 24.0 Å². The van der Waals surface area contributed by atoms with Gasteiger partial charge < -0.3 is 29.7 Å². The lowest BCUT2D eigenvalue weighted by Crippen LogP contribution is -2.46. The van der Waals surface area contributed by atoms with Gasteiger partial charge in [0, 0.05) is 31.2 Å². The average Bonchev–Trinajstić information content (AvgIpc) is 3.78. The van der Waals surface area contributed by atoms with Crippen LogP contribution >= 0.6 is 0 Å². The fourth-order valence-electron chi connectivity index (χ4n) is 6.16. The number of rotatable bonds is 9. The highest BCUT2D eigenvalue weighted by molar-refractivity contribution is 5.82. The molecule has 3 aromatic rings. The molecular formula is C27H41N8O4+. The van der Waals surface area contributed by atoms with E-state index >= 15 is 0 Å². The van der Waals surface area contributed by atoms with Gasteiger partial charge in [-0.2, -0.15) is 4.98 Å². The third-order valence-electron chi connectivity index (χ3n) is 8.63. The van der Waals surface area contributed by atoms with Gasteiger partial charge in [0.05, 0.1) is 5.69 Å². The standard InChI is InChI=1S/C27H40N8O4/c1-4-16(5-2)29-24-20-25(31-27(30-24)34-12-9-18(14-34)33-10-7-8-11-33)35(15-28-20)26-22(37)21(36)23(38-26)19-13-17(6-3)32-39-19/h13,15-16,18,21-23,26,36-37H,4-12,14H2,1-3H3,(H,29,30,31)/p+1/t18-,21+,22-,23-,26-/m1/s1. The number of nitrogens with zero attached hydrogens (tertiary/aromatic N) is 6. The molecule has 0 spiro atoms. The van der Waals surface area contributed by atoms with Crippen LogP contribution in [-0.4, -0.2) is 85.7 Å². The van der Waals surface area contributed by atoms with E-state index in [0.29, 0.717) is 29.8 Å². The highest BCUT2D eigenvalue weighted by Gasteiger charge is 2.49. The molecule has 6 heterocycles. The molecule has 0 bridgehead atoms. The molecule has 6 rings (SSSR count). The number of aryl methyl sites for hydroxylation is 1. The summed E-state index contributed by atoms with van der Waals surface area (Å²) in [5.74, 6) is 1.80. The molecule has 0 aromatic carbocycles. The molecule has 12 nitrogen and oxygen atoms in total. The number of likely N-dealkylation sites (tertiary alicyclic amines) is 1. The van der Waals surface area contributed by atoms with Crippen molar-refractivity contribution >= 4 is 22.9 Å². The van der Waals surface area contributed by atoms with Crippen LogP contribution < -0.4 is 14.8 Å². The van der Waals surface area contributed by atoms with E-state index < -0.39 is 24.5 Å². The number of aromatic nitrogens is 5. The number of aliphatic hydroxyl groups is 2. The van der Waals surface area contributed by atoms with Gasteiger partial charge in [0.2, 0.25) is 11.7 Å². The first-order valence-corrected chi connectivity index (χ1v) is 14.5. The molecule has 3 saturated heterocycles. The van der Waals surface area contributed by atoms with E-state index in [9.17, 15) is 10.2 Å². The van der Waals surface area contributed by atoms with Gasteiger partial charge in [-0.15, -0.1) is 0 Å². The van der Waals surface area contributed by atoms with Gasteiger partial charge in [0.25, 0.3) is 0 Å². The van der Waals surface area contributed by atoms with Crippen molar-refractivity contribution < 1.29 is 24.0 Å². The zero-order valence-corrected chi connectivity index (χ0v) is 23.1. The van der Waals surface area contributed by atoms with E-state index in [4.69, 9.17) is 19.2 Å². The molecule has 39 heavy (non-hydrogen) atoms. The maximum Gasteiger partial charge on any atom is 0.311 e. The minimum atomic E-state index is -1.19. The lowest BCUT2D eigenvalue weighted by atomic mass is 10.1.